The summed E-state index contributed by atoms with van der Waals surface area (Å²) in [5.74, 6) is -1.17. The first-order valence-corrected chi connectivity index (χ1v) is 5.56. The second-order valence-electron chi connectivity index (χ2n) is 3.92. The number of carbonyl (C=O) groups excluding carboxylic acids is 1. The van der Waals surface area contributed by atoms with E-state index in [2.05, 4.69) is 0 Å². The van der Waals surface area contributed by atoms with Crippen LogP contribution < -0.4 is 0 Å². The standard InChI is InChI=1S/C13H15FO3/c14-11-4-1-3-10(9-11)7-8-12(15)5-2-6-13(16)17/h1,3-4,9H,2,5-8H2,(H,16,17). The summed E-state index contributed by atoms with van der Waals surface area (Å²) in [6, 6.07) is 6.15. The van der Waals surface area contributed by atoms with Gasteiger partial charge in [-0.3, -0.25) is 9.59 Å². The minimum atomic E-state index is -0.886. The third-order valence-electron chi connectivity index (χ3n) is 2.43. The molecule has 0 atom stereocenters. The van der Waals surface area contributed by atoms with Crippen LogP contribution in [0.5, 0.6) is 0 Å². The number of aliphatic carboxylic acids is 1. The van der Waals surface area contributed by atoms with Crippen LogP contribution in [0.1, 0.15) is 31.2 Å². The average molecular weight is 238 g/mol. The van der Waals surface area contributed by atoms with E-state index in [-0.39, 0.29) is 24.4 Å². The molecule has 0 aromatic heterocycles. The Labute approximate surface area is 99.3 Å². The number of aryl methyl sites for hydroxylation is 1. The molecular weight excluding hydrogens is 223 g/mol. The molecule has 0 fully saturated rings. The van der Waals surface area contributed by atoms with Gasteiger partial charge in [0.2, 0.25) is 0 Å². The summed E-state index contributed by atoms with van der Waals surface area (Å²) in [4.78, 5) is 21.6. The Morgan fingerprint density at radius 3 is 2.59 bits per heavy atom. The van der Waals surface area contributed by atoms with Crippen LogP contribution >= 0.6 is 0 Å². The van der Waals surface area contributed by atoms with Crippen molar-refractivity contribution in [3.05, 3.63) is 35.6 Å². The molecule has 0 aliphatic carbocycles. The van der Waals surface area contributed by atoms with Crippen molar-refractivity contribution in [3.8, 4) is 0 Å². The summed E-state index contributed by atoms with van der Waals surface area (Å²) in [6.07, 6.45) is 1.51. The number of carbonyl (C=O) groups is 2. The highest BCUT2D eigenvalue weighted by atomic mass is 19.1. The molecule has 3 nitrogen and oxygen atoms in total. The quantitative estimate of drug-likeness (QED) is 0.794. The van der Waals surface area contributed by atoms with Gasteiger partial charge in [0.15, 0.2) is 0 Å². The van der Waals surface area contributed by atoms with E-state index in [0.717, 1.165) is 5.56 Å². The lowest BCUT2D eigenvalue weighted by Gasteiger charge is -2.01. The van der Waals surface area contributed by atoms with Gasteiger partial charge in [0.05, 0.1) is 0 Å². The Morgan fingerprint density at radius 1 is 1.18 bits per heavy atom. The van der Waals surface area contributed by atoms with E-state index in [4.69, 9.17) is 5.11 Å². The summed E-state index contributed by atoms with van der Waals surface area (Å²) in [6.45, 7) is 0. The molecule has 17 heavy (non-hydrogen) atoms. The molecule has 1 N–H and O–H groups in total. The van der Waals surface area contributed by atoms with Crippen molar-refractivity contribution in [2.75, 3.05) is 0 Å². The Bertz CT molecular complexity index is 401. The van der Waals surface area contributed by atoms with Crippen molar-refractivity contribution < 1.29 is 19.1 Å². The minimum Gasteiger partial charge on any atom is -0.481 e. The number of benzene rings is 1. The van der Waals surface area contributed by atoms with Crippen molar-refractivity contribution in [3.63, 3.8) is 0 Å². The number of halogens is 1. The van der Waals surface area contributed by atoms with E-state index in [0.29, 0.717) is 19.3 Å². The third-order valence-corrected chi connectivity index (χ3v) is 2.43. The summed E-state index contributed by atoms with van der Waals surface area (Å²) in [7, 11) is 0. The van der Waals surface area contributed by atoms with Gasteiger partial charge in [-0.25, -0.2) is 4.39 Å². The van der Waals surface area contributed by atoms with Gasteiger partial charge in [0.1, 0.15) is 11.6 Å². The maximum atomic E-state index is 12.8. The third kappa shape index (κ3) is 5.80. The first-order chi connectivity index (χ1) is 8.08. The average Bonchev–Trinajstić information content (AvgIpc) is 2.26. The molecule has 0 saturated heterocycles. The van der Waals surface area contributed by atoms with Gasteiger partial charge in [-0.2, -0.15) is 0 Å². The van der Waals surface area contributed by atoms with Crippen LogP contribution in [0.25, 0.3) is 0 Å². The molecule has 0 heterocycles. The molecule has 92 valence electrons. The van der Waals surface area contributed by atoms with Crippen LogP contribution in [-0.4, -0.2) is 16.9 Å². The van der Waals surface area contributed by atoms with Gasteiger partial charge >= 0.3 is 5.97 Å². The molecule has 0 unspecified atom stereocenters. The zero-order valence-corrected chi connectivity index (χ0v) is 9.49. The van der Waals surface area contributed by atoms with Gasteiger partial charge in [0.25, 0.3) is 0 Å². The fourth-order valence-electron chi connectivity index (χ4n) is 1.54. The fraction of sp³-hybridized carbons (Fsp3) is 0.385. The normalized spacial score (nSPS) is 10.2. The van der Waals surface area contributed by atoms with E-state index in [1.165, 1.54) is 12.1 Å². The SMILES string of the molecule is O=C(O)CCCC(=O)CCc1cccc(F)c1. The number of ketones is 1. The van der Waals surface area contributed by atoms with Crippen molar-refractivity contribution in [1.29, 1.82) is 0 Å². The highest BCUT2D eigenvalue weighted by Gasteiger charge is 2.05. The number of rotatable bonds is 7. The lowest BCUT2D eigenvalue weighted by molar-refractivity contribution is -0.137. The summed E-state index contributed by atoms with van der Waals surface area (Å²) >= 11 is 0. The van der Waals surface area contributed by atoms with E-state index < -0.39 is 5.97 Å². The van der Waals surface area contributed by atoms with E-state index >= 15 is 0 Å². The van der Waals surface area contributed by atoms with Crippen LogP contribution in [0.2, 0.25) is 0 Å². The van der Waals surface area contributed by atoms with Gasteiger partial charge in [-0.1, -0.05) is 12.1 Å². The molecule has 4 heteroatoms. The van der Waals surface area contributed by atoms with E-state index in [9.17, 15) is 14.0 Å². The Balaban J connectivity index is 2.26. The number of carboxylic acid groups (broad SMARTS) is 1. The summed E-state index contributed by atoms with van der Waals surface area (Å²) < 4.78 is 12.8. The predicted octanol–water partition coefficient (Wildman–Crippen LogP) is 2.58. The predicted molar refractivity (Wildman–Crippen MR) is 61.2 cm³/mol. The Hall–Kier alpha value is -1.71. The highest BCUT2D eigenvalue weighted by molar-refractivity contribution is 5.79. The molecule has 0 radical (unpaired) electrons. The molecule has 1 aromatic carbocycles. The molecular formula is C13H15FO3. The van der Waals surface area contributed by atoms with Crippen LogP contribution in [0.15, 0.2) is 24.3 Å². The Kier molecular flexibility index (Phi) is 5.33. The molecule has 0 bridgehead atoms. The van der Waals surface area contributed by atoms with E-state index in [1.807, 2.05) is 0 Å². The van der Waals surface area contributed by atoms with Crippen LogP contribution in [0.4, 0.5) is 4.39 Å². The zero-order valence-electron chi connectivity index (χ0n) is 9.49. The smallest absolute Gasteiger partial charge is 0.303 e. The number of hydrogen-bond donors (Lipinski definition) is 1. The van der Waals surface area contributed by atoms with Crippen molar-refractivity contribution in [2.24, 2.45) is 0 Å². The first-order valence-electron chi connectivity index (χ1n) is 5.56. The monoisotopic (exact) mass is 238 g/mol. The summed E-state index contributed by atoms with van der Waals surface area (Å²) in [5.41, 5.74) is 0.789. The van der Waals surface area contributed by atoms with Crippen molar-refractivity contribution in [1.82, 2.24) is 0 Å². The van der Waals surface area contributed by atoms with Crippen LogP contribution in [0, 0.1) is 5.82 Å². The lowest BCUT2D eigenvalue weighted by Crippen LogP contribution is -2.02. The van der Waals surface area contributed by atoms with Crippen molar-refractivity contribution >= 4 is 11.8 Å². The van der Waals surface area contributed by atoms with E-state index in [1.54, 1.807) is 12.1 Å². The molecule has 0 amide bonds. The topological polar surface area (TPSA) is 54.4 Å². The molecule has 0 aliphatic rings. The highest BCUT2D eigenvalue weighted by Crippen LogP contribution is 2.08. The number of carboxylic acids is 1. The molecule has 0 spiro atoms. The lowest BCUT2D eigenvalue weighted by atomic mass is 10.0. The van der Waals surface area contributed by atoms with Gasteiger partial charge in [-0.15, -0.1) is 0 Å². The molecule has 0 aliphatic heterocycles. The zero-order chi connectivity index (χ0) is 12.7. The van der Waals surface area contributed by atoms with Crippen LogP contribution in [0.3, 0.4) is 0 Å². The van der Waals surface area contributed by atoms with Gasteiger partial charge < -0.3 is 5.11 Å². The molecule has 0 saturated carbocycles. The second-order valence-corrected chi connectivity index (χ2v) is 3.92. The fourth-order valence-corrected chi connectivity index (χ4v) is 1.54. The molecule has 1 rings (SSSR count). The van der Waals surface area contributed by atoms with Crippen LogP contribution in [-0.2, 0) is 16.0 Å². The van der Waals surface area contributed by atoms with Gasteiger partial charge in [-0.05, 0) is 30.5 Å². The maximum absolute atomic E-state index is 12.8. The van der Waals surface area contributed by atoms with Crippen molar-refractivity contribution in [2.45, 2.75) is 32.1 Å². The largest absolute Gasteiger partial charge is 0.481 e. The first kappa shape index (κ1) is 13.4. The number of Topliss-reactive ketones (excluding diaryl/α,β-unsaturated/α-hetero) is 1. The van der Waals surface area contributed by atoms with Gasteiger partial charge in [0, 0.05) is 19.3 Å². The minimum absolute atomic E-state index is 0.0195. The summed E-state index contributed by atoms with van der Waals surface area (Å²) in [5, 5.41) is 8.41. The Morgan fingerprint density at radius 2 is 1.94 bits per heavy atom. The number of hydrogen-bond acceptors (Lipinski definition) is 2. The molecule has 1 aromatic rings. The maximum Gasteiger partial charge on any atom is 0.303 e. The second kappa shape index (κ2) is 6.78.